The Morgan fingerprint density at radius 1 is 1.00 bits per heavy atom. The van der Waals surface area contributed by atoms with E-state index in [1.165, 1.54) is 23.9 Å². The summed E-state index contributed by atoms with van der Waals surface area (Å²) in [5, 5.41) is 8.91. The summed E-state index contributed by atoms with van der Waals surface area (Å²) in [4.78, 5) is 12.2. The van der Waals surface area contributed by atoms with Crippen molar-refractivity contribution < 1.29 is 13.9 Å². The number of methoxy groups -OCH3 is 1. The monoisotopic (exact) mass is 354 g/mol. The molecule has 25 heavy (non-hydrogen) atoms. The molecule has 2 aromatic carbocycles. The number of Topliss-reactive ketones (excluding diaryl/α,β-unsaturated/α-hetero) is 1. The van der Waals surface area contributed by atoms with Crippen molar-refractivity contribution in [3.63, 3.8) is 0 Å². The van der Waals surface area contributed by atoms with Crippen LogP contribution >= 0.6 is 11.8 Å². The molecule has 3 aromatic rings. The lowest BCUT2D eigenvalue weighted by atomic mass is 10.1. The highest BCUT2D eigenvalue weighted by Gasteiger charge is 2.08. The molecule has 0 atom stereocenters. The van der Waals surface area contributed by atoms with Crippen LogP contribution < -0.4 is 4.74 Å². The maximum Gasteiger partial charge on any atom is 0.173 e. The van der Waals surface area contributed by atoms with Crippen LogP contribution in [0.5, 0.6) is 5.75 Å². The van der Waals surface area contributed by atoms with E-state index in [1.54, 1.807) is 55.6 Å². The van der Waals surface area contributed by atoms with Gasteiger partial charge < -0.3 is 4.74 Å². The van der Waals surface area contributed by atoms with Crippen LogP contribution in [0.15, 0.2) is 65.7 Å². The third-order valence-corrected chi connectivity index (χ3v) is 4.46. The first-order valence-electron chi connectivity index (χ1n) is 7.55. The molecule has 0 saturated carbocycles. The molecule has 3 rings (SSSR count). The zero-order valence-electron chi connectivity index (χ0n) is 13.5. The maximum absolute atomic E-state index is 12.9. The summed E-state index contributed by atoms with van der Waals surface area (Å²) in [7, 11) is 1.58. The van der Waals surface area contributed by atoms with Crippen molar-refractivity contribution in [1.29, 1.82) is 0 Å². The zero-order valence-corrected chi connectivity index (χ0v) is 14.3. The Bertz CT molecular complexity index is 850. The Labute approximate surface area is 149 Å². The topological polar surface area (TPSA) is 52.1 Å². The predicted molar refractivity (Wildman–Crippen MR) is 95.5 cm³/mol. The highest BCUT2D eigenvalue weighted by molar-refractivity contribution is 7.99. The van der Waals surface area contributed by atoms with Gasteiger partial charge in [-0.1, -0.05) is 11.8 Å². The number of benzene rings is 2. The molecule has 0 spiro atoms. The fourth-order valence-corrected chi connectivity index (χ4v) is 2.88. The highest BCUT2D eigenvalue weighted by Crippen LogP contribution is 2.21. The quantitative estimate of drug-likeness (QED) is 0.489. The van der Waals surface area contributed by atoms with Crippen LogP contribution in [-0.4, -0.2) is 28.8 Å². The van der Waals surface area contributed by atoms with Crippen molar-refractivity contribution in [3.8, 4) is 17.0 Å². The number of rotatable bonds is 6. The van der Waals surface area contributed by atoms with E-state index in [0.717, 1.165) is 5.56 Å². The van der Waals surface area contributed by atoms with Gasteiger partial charge in [0, 0.05) is 11.1 Å². The lowest BCUT2D eigenvalue weighted by Gasteiger charge is -2.04. The van der Waals surface area contributed by atoms with E-state index in [0.29, 0.717) is 22.0 Å². The van der Waals surface area contributed by atoms with Gasteiger partial charge in [-0.3, -0.25) is 4.79 Å². The van der Waals surface area contributed by atoms with Crippen LogP contribution in [0.3, 0.4) is 0 Å². The van der Waals surface area contributed by atoms with Gasteiger partial charge in [0.05, 0.1) is 18.6 Å². The fraction of sp³-hybridized carbons (Fsp3) is 0.105. The zero-order chi connectivity index (χ0) is 17.6. The van der Waals surface area contributed by atoms with Gasteiger partial charge in [0.25, 0.3) is 0 Å². The van der Waals surface area contributed by atoms with Gasteiger partial charge in [-0.05, 0) is 60.7 Å². The molecule has 0 saturated heterocycles. The van der Waals surface area contributed by atoms with Gasteiger partial charge in [0.2, 0.25) is 0 Å². The summed E-state index contributed by atoms with van der Waals surface area (Å²) in [5.41, 5.74) is 2.08. The van der Waals surface area contributed by atoms with Gasteiger partial charge in [0.15, 0.2) is 5.78 Å². The van der Waals surface area contributed by atoms with Gasteiger partial charge in [-0.15, -0.1) is 10.2 Å². The van der Waals surface area contributed by atoms with Crippen LogP contribution in [0, 0.1) is 5.82 Å². The summed E-state index contributed by atoms with van der Waals surface area (Å²) in [5.74, 6) is 0.709. The van der Waals surface area contributed by atoms with E-state index < -0.39 is 0 Å². The second-order valence-electron chi connectivity index (χ2n) is 5.20. The molecule has 0 amide bonds. The number of thioether (sulfide) groups is 1. The Kier molecular flexibility index (Phi) is 5.40. The number of halogens is 1. The number of hydrogen-bond acceptors (Lipinski definition) is 5. The van der Waals surface area contributed by atoms with Crippen molar-refractivity contribution in [3.05, 3.63) is 72.0 Å². The van der Waals surface area contributed by atoms with E-state index in [1.807, 2.05) is 0 Å². The Morgan fingerprint density at radius 2 is 1.72 bits per heavy atom. The van der Waals surface area contributed by atoms with Gasteiger partial charge in [-0.2, -0.15) is 0 Å². The molecule has 0 aliphatic carbocycles. The number of ether oxygens (including phenoxy) is 1. The van der Waals surface area contributed by atoms with Crippen LogP contribution in [0.2, 0.25) is 0 Å². The molecular formula is C19H15FN2O2S. The number of carbonyl (C=O) groups is 1. The summed E-state index contributed by atoms with van der Waals surface area (Å²) < 4.78 is 18.0. The number of ketones is 1. The van der Waals surface area contributed by atoms with Crippen molar-refractivity contribution in [1.82, 2.24) is 10.2 Å². The van der Waals surface area contributed by atoms with Crippen molar-refractivity contribution in [2.45, 2.75) is 5.03 Å². The molecule has 1 heterocycles. The standard InChI is InChI=1S/C19H15FN2O2S/c1-24-16-8-4-14(5-9-16)18(23)12-25-19-11-10-17(21-22-19)13-2-6-15(20)7-3-13/h2-11H,12H2,1H3. The molecular weight excluding hydrogens is 339 g/mol. The second-order valence-corrected chi connectivity index (χ2v) is 6.20. The van der Waals surface area contributed by atoms with E-state index in [2.05, 4.69) is 10.2 Å². The van der Waals surface area contributed by atoms with Crippen LogP contribution in [-0.2, 0) is 0 Å². The van der Waals surface area contributed by atoms with Crippen LogP contribution in [0.25, 0.3) is 11.3 Å². The van der Waals surface area contributed by atoms with Crippen LogP contribution in [0.1, 0.15) is 10.4 Å². The smallest absolute Gasteiger partial charge is 0.173 e. The minimum absolute atomic E-state index is 0.0112. The van der Waals surface area contributed by atoms with Crippen molar-refractivity contribution >= 4 is 17.5 Å². The summed E-state index contributed by atoms with van der Waals surface area (Å²) in [6, 6.07) is 16.7. The average Bonchev–Trinajstić information content (AvgIpc) is 2.67. The Balaban J connectivity index is 1.61. The first kappa shape index (κ1) is 17.1. The van der Waals surface area contributed by atoms with Gasteiger partial charge >= 0.3 is 0 Å². The third-order valence-electron chi connectivity index (χ3n) is 3.54. The first-order chi connectivity index (χ1) is 12.2. The molecule has 0 fully saturated rings. The SMILES string of the molecule is COc1ccc(C(=O)CSc2ccc(-c3ccc(F)cc3)nn2)cc1. The number of aromatic nitrogens is 2. The molecule has 0 unspecified atom stereocenters. The van der Waals surface area contributed by atoms with E-state index >= 15 is 0 Å². The summed E-state index contributed by atoms with van der Waals surface area (Å²) in [6.45, 7) is 0. The molecule has 0 aliphatic heterocycles. The minimum atomic E-state index is -0.291. The van der Waals surface area contributed by atoms with Gasteiger partial charge in [-0.25, -0.2) is 4.39 Å². The molecule has 4 nitrogen and oxygen atoms in total. The predicted octanol–water partition coefficient (Wildman–Crippen LogP) is 4.27. The Morgan fingerprint density at radius 3 is 2.32 bits per heavy atom. The normalized spacial score (nSPS) is 10.5. The molecule has 0 aliphatic rings. The molecule has 6 heteroatoms. The minimum Gasteiger partial charge on any atom is -0.497 e. The molecule has 1 aromatic heterocycles. The summed E-state index contributed by atoms with van der Waals surface area (Å²) >= 11 is 1.33. The van der Waals surface area contributed by atoms with Crippen molar-refractivity contribution in [2.75, 3.05) is 12.9 Å². The van der Waals surface area contributed by atoms with E-state index in [9.17, 15) is 9.18 Å². The molecule has 0 radical (unpaired) electrons. The maximum atomic E-state index is 12.9. The molecule has 0 bridgehead atoms. The van der Waals surface area contributed by atoms with Crippen LogP contribution in [0.4, 0.5) is 4.39 Å². The largest absolute Gasteiger partial charge is 0.497 e. The lowest BCUT2D eigenvalue weighted by molar-refractivity contribution is 0.102. The number of nitrogens with zero attached hydrogens (tertiary/aromatic N) is 2. The fourth-order valence-electron chi connectivity index (χ4n) is 2.17. The third kappa shape index (κ3) is 4.42. The number of carbonyl (C=O) groups excluding carboxylic acids is 1. The second kappa shape index (κ2) is 7.90. The first-order valence-corrected chi connectivity index (χ1v) is 8.54. The Hall–Kier alpha value is -2.73. The lowest BCUT2D eigenvalue weighted by Crippen LogP contribution is -2.02. The molecule has 0 N–H and O–H groups in total. The van der Waals surface area contributed by atoms with E-state index in [4.69, 9.17) is 4.74 Å². The van der Waals surface area contributed by atoms with E-state index in [-0.39, 0.29) is 17.4 Å². The number of hydrogen-bond donors (Lipinski definition) is 0. The van der Waals surface area contributed by atoms with Crippen molar-refractivity contribution in [2.24, 2.45) is 0 Å². The molecule has 126 valence electrons. The average molecular weight is 354 g/mol. The highest BCUT2D eigenvalue weighted by atomic mass is 32.2. The summed E-state index contributed by atoms with van der Waals surface area (Å²) in [6.07, 6.45) is 0. The van der Waals surface area contributed by atoms with Gasteiger partial charge in [0.1, 0.15) is 16.6 Å².